The molecule has 2 heterocycles. The van der Waals surface area contributed by atoms with E-state index in [9.17, 15) is 14.4 Å². The maximum absolute atomic E-state index is 13.2. The molecule has 166 valence electrons. The van der Waals surface area contributed by atoms with Crippen LogP contribution < -0.4 is 10.6 Å². The van der Waals surface area contributed by atoms with Gasteiger partial charge in [0.25, 0.3) is 5.91 Å². The number of benzene rings is 1. The minimum Gasteiger partial charge on any atom is -0.361 e. The fourth-order valence-corrected chi connectivity index (χ4v) is 3.57. The third kappa shape index (κ3) is 5.69. The molecule has 0 fully saturated rings. The summed E-state index contributed by atoms with van der Waals surface area (Å²) in [7, 11) is 0. The summed E-state index contributed by atoms with van der Waals surface area (Å²) in [5.74, 6) is -0.793. The van der Waals surface area contributed by atoms with E-state index in [2.05, 4.69) is 20.6 Å². The number of aromatic amines is 1. The van der Waals surface area contributed by atoms with Gasteiger partial charge in [-0.3, -0.25) is 19.4 Å². The van der Waals surface area contributed by atoms with Gasteiger partial charge in [0.2, 0.25) is 5.91 Å². The van der Waals surface area contributed by atoms with Gasteiger partial charge in [-0.15, -0.1) is 0 Å². The Labute approximate surface area is 187 Å². The predicted octanol–water partition coefficient (Wildman–Crippen LogP) is 3.19. The molecule has 0 spiro atoms. The van der Waals surface area contributed by atoms with Crippen LogP contribution in [0.25, 0.3) is 10.9 Å². The molecular weight excluding hydrogens is 404 g/mol. The Hall–Kier alpha value is -3.74. The third-order valence-corrected chi connectivity index (χ3v) is 5.54. The summed E-state index contributed by atoms with van der Waals surface area (Å²) in [4.78, 5) is 44.0. The van der Waals surface area contributed by atoms with E-state index < -0.39 is 18.0 Å². The molecule has 2 aromatic heterocycles. The Morgan fingerprint density at radius 1 is 1.12 bits per heavy atom. The Kier molecular flexibility index (Phi) is 7.91. The average Bonchev–Trinajstić information content (AvgIpc) is 3.23. The van der Waals surface area contributed by atoms with Crippen molar-refractivity contribution in [1.82, 2.24) is 20.6 Å². The van der Waals surface area contributed by atoms with Crippen LogP contribution in [-0.4, -0.2) is 40.2 Å². The van der Waals surface area contributed by atoms with E-state index >= 15 is 0 Å². The van der Waals surface area contributed by atoms with Gasteiger partial charge in [0.1, 0.15) is 18.0 Å². The first-order chi connectivity index (χ1) is 15.5. The summed E-state index contributed by atoms with van der Waals surface area (Å²) >= 11 is 0. The van der Waals surface area contributed by atoms with Crippen LogP contribution in [0.15, 0.2) is 67.0 Å². The molecule has 7 heteroatoms. The first kappa shape index (κ1) is 22.9. The van der Waals surface area contributed by atoms with E-state index in [1.54, 1.807) is 24.3 Å². The van der Waals surface area contributed by atoms with Crippen LogP contribution in [-0.2, 0) is 16.0 Å². The van der Waals surface area contributed by atoms with Gasteiger partial charge < -0.3 is 15.6 Å². The highest BCUT2D eigenvalue weighted by atomic mass is 16.2. The molecule has 3 atom stereocenters. The van der Waals surface area contributed by atoms with Crippen molar-refractivity contribution in [1.29, 1.82) is 0 Å². The normalized spacial score (nSPS) is 14.1. The zero-order chi connectivity index (χ0) is 22.9. The molecule has 0 aliphatic rings. The van der Waals surface area contributed by atoms with Crippen LogP contribution in [0.4, 0.5) is 0 Å². The number of rotatable bonds is 10. The molecule has 0 aliphatic heterocycles. The average molecular weight is 433 g/mol. The summed E-state index contributed by atoms with van der Waals surface area (Å²) in [5, 5.41) is 6.88. The molecule has 1 aromatic carbocycles. The Balaban J connectivity index is 1.77. The lowest BCUT2D eigenvalue weighted by Gasteiger charge is -2.25. The highest BCUT2D eigenvalue weighted by Gasteiger charge is 2.28. The van der Waals surface area contributed by atoms with Gasteiger partial charge in [-0.05, 0) is 42.2 Å². The second kappa shape index (κ2) is 11.0. The second-order valence-corrected chi connectivity index (χ2v) is 7.75. The van der Waals surface area contributed by atoms with Crippen LogP contribution >= 0.6 is 0 Å². The van der Waals surface area contributed by atoms with Gasteiger partial charge in [-0.1, -0.05) is 50.6 Å². The number of hydrogen-bond donors (Lipinski definition) is 3. The van der Waals surface area contributed by atoms with Gasteiger partial charge in [0.15, 0.2) is 0 Å². The number of nitrogens with zero attached hydrogens (tertiary/aromatic N) is 1. The number of amides is 2. The summed E-state index contributed by atoms with van der Waals surface area (Å²) in [6, 6.07) is 11.8. The third-order valence-electron chi connectivity index (χ3n) is 5.54. The number of allylic oxidation sites excluding steroid dienone is 1. The van der Waals surface area contributed by atoms with Crippen molar-refractivity contribution in [3.05, 3.63) is 78.3 Å². The molecular formula is C25H28N4O3. The lowest BCUT2D eigenvalue weighted by Crippen LogP contribution is -2.52. The van der Waals surface area contributed by atoms with E-state index in [-0.39, 0.29) is 17.5 Å². The minimum absolute atomic E-state index is 0.0912. The van der Waals surface area contributed by atoms with E-state index in [0.29, 0.717) is 19.1 Å². The van der Waals surface area contributed by atoms with Crippen LogP contribution in [0, 0.1) is 5.92 Å². The number of aldehydes is 1. The lowest BCUT2D eigenvalue weighted by atomic mass is 9.97. The summed E-state index contributed by atoms with van der Waals surface area (Å²) in [5.41, 5.74) is 2.29. The molecule has 3 N–H and O–H groups in total. The highest BCUT2D eigenvalue weighted by Crippen LogP contribution is 2.19. The fourth-order valence-electron chi connectivity index (χ4n) is 3.57. The second-order valence-electron chi connectivity index (χ2n) is 7.75. The number of fused-ring (bicyclic) bond motifs is 1. The fraction of sp³-hybridized carbons (Fsp3) is 0.280. The number of para-hydroxylation sites is 1. The number of aromatic nitrogens is 2. The maximum Gasteiger partial charge on any atom is 0.270 e. The SMILES string of the molecule is CC[C@H](C)[C@H](NC(=O)c1ccccn1)C(=O)N[C@H](C=CC=O)Cc1c[nH]c2ccccc12. The topological polar surface area (TPSA) is 104 Å². The standard InChI is InChI=1S/C25H28N4O3/c1-3-17(2)23(29-24(31)22-12-6-7-13-26-22)25(32)28-19(9-8-14-30)15-18-16-27-21-11-5-4-10-20(18)21/h4-14,16-17,19,23,27H,3,15H2,1-2H3,(H,28,32)(H,29,31)/t17-,19+,23-/m0/s1. The van der Waals surface area contributed by atoms with Crippen molar-refractivity contribution in [3.8, 4) is 0 Å². The zero-order valence-electron chi connectivity index (χ0n) is 18.2. The first-order valence-corrected chi connectivity index (χ1v) is 10.7. The van der Waals surface area contributed by atoms with E-state index in [0.717, 1.165) is 16.5 Å². The molecule has 2 amide bonds. The first-order valence-electron chi connectivity index (χ1n) is 10.7. The van der Waals surface area contributed by atoms with E-state index in [4.69, 9.17) is 0 Å². The summed E-state index contributed by atoms with van der Waals surface area (Å²) < 4.78 is 0. The van der Waals surface area contributed by atoms with Crippen molar-refractivity contribution >= 4 is 29.0 Å². The van der Waals surface area contributed by atoms with E-state index in [1.165, 1.54) is 12.3 Å². The molecule has 0 unspecified atom stereocenters. The van der Waals surface area contributed by atoms with Gasteiger partial charge in [0.05, 0.1) is 6.04 Å². The largest absolute Gasteiger partial charge is 0.361 e. The molecule has 0 saturated carbocycles. The summed E-state index contributed by atoms with van der Waals surface area (Å²) in [6.07, 6.45) is 8.39. The van der Waals surface area contributed by atoms with Crippen molar-refractivity contribution in [2.75, 3.05) is 0 Å². The molecule has 3 rings (SSSR count). The lowest BCUT2D eigenvalue weighted by molar-refractivity contribution is -0.124. The maximum atomic E-state index is 13.2. The number of H-pyrrole nitrogens is 1. The Morgan fingerprint density at radius 2 is 1.91 bits per heavy atom. The molecule has 0 saturated heterocycles. The van der Waals surface area contributed by atoms with Crippen LogP contribution in [0.1, 0.15) is 36.3 Å². The molecule has 0 aliphatic carbocycles. The number of pyridine rings is 1. The predicted molar refractivity (Wildman–Crippen MR) is 124 cm³/mol. The van der Waals surface area contributed by atoms with Crippen LogP contribution in [0.5, 0.6) is 0 Å². The van der Waals surface area contributed by atoms with Crippen molar-refractivity contribution in [2.24, 2.45) is 5.92 Å². The quantitative estimate of drug-likeness (QED) is 0.338. The highest BCUT2D eigenvalue weighted by molar-refractivity contribution is 5.96. The Morgan fingerprint density at radius 3 is 2.62 bits per heavy atom. The molecule has 32 heavy (non-hydrogen) atoms. The Bertz CT molecular complexity index is 1090. The number of carbonyl (C=O) groups excluding carboxylic acids is 3. The van der Waals surface area contributed by atoms with Gasteiger partial charge in [-0.25, -0.2) is 0 Å². The monoisotopic (exact) mass is 432 g/mol. The van der Waals surface area contributed by atoms with Crippen molar-refractivity contribution in [2.45, 2.75) is 38.8 Å². The minimum atomic E-state index is -0.732. The number of nitrogens with one attached hydrogen (secondary N) is 3. The molecule has 3 aromatic rings. The van der Waals surface area contributed by atoms with Crippen molar-refractivity contribution < 1.29 is 14.4 Å². The molecule has 0 radical (unpaired) electrons. The van der Waals surface area contributed by atoms with Gasteiger partial charge in [0, 0.05) is 23.3 Å². The van der Waals surface area contributed by atoms with Crippen molar-refractivity contribution in [3.63, 3.8) is 0 Å². The zero-order valence-corrected chi connectivity index (χ0v) is 18.2. The molecule has 0 bridgehead atoms. The van der Waals surface area contributed by atoms with Crippen LogP contribution in [0.2, 0.25) is 0 Å². The number of hydrogen-bond acceptors (Lipinski definition) is 4. The number of carbonyl (C=O) groups is 3. The van der Waals surface area contributed by atoms with Gasteiger partial charge in [-0.2, -0.15) is 0 Å². The van der Waals surface area contributed by atoms with Gasteiger partial charge >= 0.3 is 0 Å². The smallest absolute Gasteiger partial charge is 0.270 e. The van der Waals surface area contributed by atoms with E-state index in [1.807, 2.05) is 44.3 Å². The molecule has 7 nitrogen and oxygen atoms in total. The van der Waals surface area contributed by atoms with Crippen LogP contribution in [0.3, 0.4) is 0 Å². The summed E-state index contributed by atoms with van der Waals surface area (Å²) in [6.45, 7) is 3.88.